The van der Waals surface area contributed by atoms with Crippen molar-refractivity contribution in [2.45, 2.75) is 26.7 Å². The van der Waals surface area contributed by atoms with Crippen molar-refractivity contribution in [3.05, 3.63) is 66.4 Å². The molecule has 1 aromatic carbocycles. The molecule has 2 rings (SSSR count). The van der Waals surface area contributed by atoms with Crippen LogP contribution in [0, 0.1) is 0 Å². The van der Waals surface area contributed by atoms with Gasteiger partial charge in [-0.3, -0.25) is 0 Å². The zero-order valence-electron chi connectivity index (χ0n) is 10.8. The molecule has 0 atom stereocenters. The van der Waals surface area contributed by atoms with E-state index in [2.05, 4.69) is 36.7 Å². The number of para-hydroxylation sites is 1. The van der Waals surface area contributed by atoms with Gasteiger partial charge >= 0.3 is 0 Å². The number of allylic oxidation sites excluding steroid dienone is 3. The van der Waals surface area contributed by atoms with E-state index < -0.39 is 0 Å². The molecule has 0 spiro atoms. The monoisotopic (exact) mass is 227 g/mol. The van der Waals surface area contributed by atoms with Crippen LogP contribution in [-0.4, -0.2) is 0 Å². The average Bonchev–Trinajstić information content (AvgIpc) is 2.59. The Labute approximate surface area is 105 Å². The second-order valence-electron chi connectivity index (χ2n) is 3.63. The largest absolute Gasteiger partial charge is 0.355 e. The van der Waals surface area contributed by atoms with Gasteiger partial charge in [0.25, 0.3) is 0 Å². The second kappa shape index (κ2) is 6.74. The Balaban J connectivity index is 0.000000686. The summed E-state index contributed by atoms with van der Waals surface area (Å²) in [5.41, 5.74) is 4.86. The number of rotatable bonds is 2. The predicted octanol–water partition coefficient (Wildman–Crippen LogP) is 4.70. The smallest absolute Gasteiger partial charge is 0.0416 e. The minimum atomic E-state index is 1.02. The Kier molecular flexibility index (Phi) is 5.28. The molecule has 90 valence electrons. The molecule has 17 heavy (non-hydrogen) atoms. The van der Waals surface area contributed by atoms with Crippen LogP contribution >= 0.6 is 0 Å². The third kappa shape index (κ3) is 3.10. The fraction of sp³-hybridized carbons (Fsp3) is 0.250. The fourth-order valence-electron chi connectivity index (χ4n) is 1.88. The zero-order valence-corrected chi connectivity index (χ0v) is 10.8. The van der Waals surface area contributed by atoms with E-state index >= 15 is 0 Å². The standard InChI is InChI=1S/C14H15N.C2H6/c1-3-11-9-10-12-7-5-6-8-14(12)15-13(11)4-2;1-2/h3-8,15H,1-2,9-10H2;1-2H3. The van der Waals surface area contributed by atoms with Gasteiger partial charge in [-0.1, -0.05) is 51.3 Å². The van der Waals surface area contributed by atoms with Gasteiger partial charge in [0.15, 0.2) is 0 Å². The summed E-state index contributed by atoms with van der Waals surface area (Å²) in [4.78, 5) is 0. The molecule has 1 aliphatic rings. The van der Waals surface area contributed by atoms with Crippen molar-refractivity contribution in [3.63, 3.8) is 0 Å². The number of nitrogens with one attached hydrogen (secondary N) is 1. The van der Waals surface area contributed by atoms with Gasteiger partial charge in [0.05, 0.1) is 0 Å². The molecule has 1 heteroatoms. The van der Waals surface area contributed by atoms with Gasteiger partial charge in [0.1, 0.15) is 0 Å². The Bertz CT molecular complexity index is 427. The normalized spacial score (nSPS) is 13.5. The maximum Gasteiger partial charge on any atom is 0.0416 e. The van der Waals surface area contributed by atoms with Crippen LogP contribution in [0.25, 0.3) is 0 Å². The van der Waals surface area contributed by atoms with Crippen molar-refractivity contribution in [1.82, 2.24) is 0 Å². The van der Waals surface area contributed by atoms with Gasteiger partial charge in [-0.25, -0.2) is 0 Å². The molecule has 0 amide bonds. The second-order valence-corrected chi connectivity index (χ2v) is 3.63. The maximum atomic E-state index is 3.84. The lowest BCUT2D eigenvalue weighted by Gasteiger charge is -2.09. The predicted molar refractivity (Wildman–Crippen MR) is 77.2 cm³/mol. The summed E-state index contributed by atoms with van der Waals surface area (Å²) in [5, 5.41) is 3.40. The first-order valence-electron chi connectivity index (χ1n) is 6.18. The van der Waals surface area contributed by atoms with Crippen molar-refractivity contribution in [2.75, 3.05) is 5.32 Å². The Morgan fingerprint density at radius 3 is 2.41 bits per heavy atom. The third-order valence-corrected chi connectivity index (χ3v) is 2.75. The molecule has 1 nitrogen and oxygen atoms in total. The minimum absolute atomic E-state index is 1.02. The Hall–Kier alpha value is -1.76. The van der Waals surface area contributed by atoms with Crippen LogP contribution in [0.5, 0.6) is 0 Å². The summed E-state index contributed by atoms with van der Waals surface area (Å²) >= 11 is 0. The van der Waals surface area contributed by atoms with Crippen molar-refractivity contribution < 1.29 is 0 Å². The van der Waals surface area contributed by atoms with Crippen LogP contribution in [0.2, 0.25) is 0 Å². The van der Waals surface area contributed by atoms with Gasteiger partial charge in [-0.15, -0.1) is 0 Å². The highest BCUT2D eigenvalue weighted by molar-refractivity contribution is 5.60. The van der Waals surface area contributed by atoms with Crippen molar-refractivity contribution in [1.29, 1.82) is 0 Å². The average molecular weight is 227 g/mol. The van der Waals surface area contributed by atoms with E-state index in [0.717, 1.165) is 18.5 Å². The van der Waals surface area contributed by atoms with Crippen LogP contribution in [0.1, 0.15) is 25.8 Å². The third-order valence-electron chi connectivity index (χ3n) is 2.75. The topological polar surface area (TPSA) is 12.0 Å². The number of aryl methyl sites for hydroxylation is 1. The van der Waals surface area contributed by atoms with Gasteiger partial charge in [0.2, 0.25) is 0 Å². The summed E-state index contributed by atoms with van der Waals surface area (Å²) in [5.74, 6) is 0. The van der Waals surface area contributed by atoms with Crippen LogP contribution < -0.4 is 5.32 Å². The van der Waals surface area contributed by atoms with E-state index in [-0.39, 0.29) is 0 Å². The number of fused-ring (bicyclic) bond motifs is 1. The number of anilines is 1. The SMILES string of the molecule is C=CC1=C(C=C)Nc2ccccc2CC1.CC. The Morgan fingerprint density at radius 1 is 1.06 bits per heavy atom. The van der Waals surface area contributed by atoms with Crippen LogP contribution in [0.15, 0.2) is 60.8 Å². The van der Waals surface area contributed by atoms with Crippen LogP contribution in [0.3, 0.4) is 0 Å². The van der Waals surface area contributed by atoms with E-state index in [1.54, 1.807) is 0 Å². The summed E-state index contributed by atoms with van der Waals surface area (Å²) in [6.07, 6.45) is 5.85. The molecule has 0 saturated heterocycles. The minimum Gasteiger partial charge on any atom is -0.355 e. The van der Waals surface area contributed by atoms with E-state index in [1.807, 2.05) is 32.1 Å². The molecule has 0 unspecified atom stereocenters. The number of hydrogen-bond donors (Lipinski definition) is 1. The van der Waals surface area contributed by atoms with E-state index in [0.29, 0.717) is 0 Å². The molecule has 0 saturated carbocycles. The first kappa shape index (κ1) is 13.3. The fourth-order valence-corrected chi connectivity index (χ4v) is 1.88. The summed E-state index contributed by atoms with van der Waals surface area (Å²) < 4.78 is 0. The summed E-state index contributed by atoms with van der Waals surface area (Å²) in [6, 6.07) is 8.39. The highest BCUT2D eigenvalue weighted by atomic mass is 14.9. The molecule has 0 radical (unpaired) electrons. The van der Waals surface area contributed by atoms with E-state index in [4.69, 9.17) is 0 Å². The molecular weight excluding hydrogens is 206 g/mol. The molecule has 1 heterocycles. The lowest BCUT2D eigenvalue weighted by Crippen LogP contribution is -1.98. The highest BCUT2D eigenvalue weighted by Crippen LogP contribution is 2.26. The van der Waals surface area contributed by atoms with Crippen LogP contribution in [-0.2, 0) is 6.42 Å². The molecular formula is C16H21N. The molecule has 1 aromatic rings. The van der Waals surface area contributed by atoms with Gasteiger partial charge in [-0.2, -0.15) is 0 Å². The van der Waals surface area contributed by atoms with E-state index in [1.165, 1.54) is 16.8 Å². The molecule has 0 fully saturated rings. The molecule has 1 N–H and O–H groups in total. The molecule has 0 aromatic heterocycles. The highest BCUT2D eigenvalue weighted by Gasteiger charge is 2.10. The quantitative estimate of drug-likeness (QED) is 0.772. The maximum absolute atomic E-state index is 3.84. The Morgan fingerprint density at radius 2 is 1.76 bits per heavy atom. The number of hydrogen-bond acceptors (Lipinski definition) is 1. The lowest BCUT2D eigenvalue weighted by molar-refractivity contribution is 0.974. The van der Waals surface area contributed by atoms with Crippen LogP contribution in [0.4, 0.5) is 5.69 Å². The molecule has 1 aliphatic heterocycles. The molecule has 0 aliphatic carbocycles. The van der Waals surface area contributed by atoms with Gasteiger partial charge in [-0.05, 0) is 36.1 Å². The first-order valence-corrected chi connectivity index (χ1v) is 6.18. The zero-order chi connectivity index (χ0) is 12.7. The van der Waals surface area contributed by atoms with Crippen molar-refractivity contribution in [2.24, 2.45) is 0 Å². The lowest BCUT2D eigenvalue weighted by atomic mass is 10.0. The first-order chi connectivity index (χ1) is 8.35. The van der Waals surface area contributed by atoms with Gasteiger partial charge < -0.3 is 5.32 Å². The summed E-state index contributed by atoms with van der Waals surface area (Å²) in [6.45, 7) is 11.7. The molecule has 0 bridgehead atoms. The van der Waals surface area contributed by atoms with Gasteiger partial charge in [0, 0.05) is 11.4 Å². The summed E-state index contributed by atoms with van der Waals surface area (Å²) in [7, 11) is 0. The number of benzene rings is 1. The van der Waals surface area contributed by atoms with E-state index in [9.17, 15) is 0 Å². The van der Waals surface area contributed by atoms with Crippen molar-refractivity contribution >= 4 is 5.69 Å². The van der Waals surface area contributed by atoms with Crippen molar-refractivity contribution in [3.8, 4) is 0 Å².